The molecule has 3 nitrogen and oxygen atoms in total. The molecule has 0 amide bonds. The molecule has 1 aromatic rings. The molecule has 0 N–H and O–H groups in total. The van der Waals surface area contributed by atoms with Crippen LogP contribution in [0.15, 0.2) is 36.1 Å². The van der Waals surface area contributed by atoms with Crippen LogP contribution in [-0.2, 0) is 26.1 Å². The minimum Gasteiger partial charge on any atom is -0.500 e. The maximum atomic E-state index is 12.5. The van der Waals surface area contributed by atoms with Gasteiger partial charge in [0.15, 0.2) is 5.41 Å². The van der Waals surface area contributed by atoms with Crippen LogP contribution >= 0.6 is 0 Å². The Balaban J connectivity index is 2.73. The summed E-state index contributed by atoms with van der Waals surface area (Å²) >= 11 is 0. The number of carbonyl (C=O) groups is 1. The smallest absolute Gasteiger partial charge is 0.324 e. The van der Waals surface area contributed by atoms with Crippen molar-refractivity contribution < 1.29 is 14.3 Å². The number of benzene rings is 1. The molecule has 1 atom stereocenters. The van der Waals surface area contributed by atoms with Crippen molar-refractivity contribution in [3.63, 3.8) is 0 Å². The number of rotatable bonds is 3. The van der Waals surface area contributed by atoms with E-state index in [9.17, 15) is 4.79 Å². The standard InChI is InChI=1S/C16H20O3/c1-11(2)16(15(17)19-4)13-8-6-5-7-12(13)9-10-14(16)18-3/h5-8,10-11H,9H2,1-4H3. The molecule has 0 spiro atoms. The fraction of sp³-hybridized carbons (Fsp3) is 0.438. The zero-order valence-electron chi connectivity index (χ0n) is 11.9. The Morgan fingerprint density at radius 1 is 1.26 bits per heavy atom. The Labute approximate surface area is 114 Å². The molecule has 1 aromatic carbocycles. The van der Waals surface area contributed by atoms with Gasteiger partial charge in [-0.15, -0.1) is 0 Å². The van der Waals surface area contributed by atoms with Gasteiger partial charge < -0.3 is 9.47 Å². The van der Waals surface area contributed by atoms with E-state index in [1.54, 1.807) is 7.11 Å². The molecule has 0 aromatic heterocycles. The zero-order valence-corrected chi connectivity index (χ0v) is 11.9. The molecule has 2 rings (SSSR count). The van der Waals surface area contributed by atoms with Gasteiger partial charge >= 0.3 is 5.97 Å². The van der Waals surface area contributed by atoms with Crippen LogP contribution in [0.3, 0.4) is 0 Å². The quantitative estimate of drug-likeness (QED) is 0.784. The summed E-state index contributed by atoms with van der Waals surface area (Å²) in [6.45, 7) is 4.04. The summed E-state index contributed by atoms with van der Waals surface area (Å²) in [5.41, 5.74) is 1.32. The van der Waals surface area contributed by atoms with Crippen molar-refractivity contribution in [2.75, 3.05) is 14.2 Å². The van der Waals surface area contributed by atoms with E-state index in [2.05, 4.69) is 6.07 Å². The van der Waals surface area contributed by atoms with E-state index in [1.807, 2.05) is 38.1 Å². The van der Waals surface area contributed by atoms with E-state index in [0.717, 1.165) is 17.5 Å². The zero-order chi connectivity index (χ0) is 14.0. The molecule has 19 heavy (non-hydrogen) atoms. The number of hydrogen-bond acceptors (Lipinski definition) is 3. The van der Waals surface area contributed by atoms with Gasteiger partial charge in [0, 0.05) is 0 Å². The summed E-state index contributed by atoms with van der Waals surface area (Å²) in [4.78, 5) is 12.5. The fourth-order valence-corrected chi connectivity index (χ4v) is 3.03. The van der Waals surface area contributed by atoms with Crippen molar-refractivity contribution in [2.24, 2.45) is 5.92 Å². The molecule has 0 saturated carbocycles. The van der Waals surface area contributed by atoms with Crippen molar-refractivity contribution >= 4 is 5.97 Å². The van der Waals surface area contributed by atoms with E-state index in [0.29, 0.717) is 5.76 Å². The van der Waals surface area contributed by atoms with Crippen molar-refractivity contribution in [3.8, 4) is 0 Å². The van der Waals surface area contributed by atoms with Crippen LogP contribution in [0.5, 0.6) is 0 Å². The number of fused-ring (bicyclic) bond motifs is 1. The van der Waals surface area contributed by atoms with Gasteiger partial charge in [0.2, 0.25) is 0 Å². The van der Waals surface area contributed by atoms with Gasteiger partial charge in [-0.05, 0) is 29.5 Å². The van der Waals surface area contributed by atoms with Crippen LogP contribution in [0.25, 0.3) is 0 Å². The maximum absolute atomic E-state index is 12.5. The fourth-order valence-electron chi connectivity index (χ4n) is 3.03. The molecule has 0 aliphatic heterocycles. The van der Waals surface area contributed by atoms with E-state index >= 15 is 0 Å². The van der Waals surface area contributed by atoms with Crippen LogP contribution in [0.2, 0.25) is 0 Å². The average Bonchev–Trinajstić information content (AvgIpc) is 2.44. The number of carbonyl (C=O) groups excluding carboxylic acids is 1. The second kappa shape index (κ2) is 5.08. The van der Waals surface area contributed by atoms with E-state index < -0.39 is 5.41 Å². The minimum atomic E-state index is -0.835. The first kappa shape index (κ1) is 13.7. The molecule has 0 bridgehead atoms. The third kappa shape index (κ3) is 1.84. The summed E-state index contributed by atoms with van der Waals surface area (Å²) in [6, 6.07) is 8.00. The molecule has 1 aliphatic carbocycles. The summed E-state index contributed by atoms with van der Waals surface area (Å²) in [7, 11) is 3.04. The van der Waals surface area contributed by atoms with E-state index in [-0.39, 0.29) is 11.9 Å². The van der Waals surface area contributed by atoms with Crippen molar-refractivity contribution in [1.82, 2.24) is 0 Å². The number of hydrogen-bond donors (Lipinski definition) is 0. The SMILES string of the molecule is COC(=O)C1(C(C)C)C(OC)=CCc2ccccc21. The normalized spacial score (nSPS) is 21.6. The average molecular weight is 260 g/mol. The molecule has 0 heterocycles. The van der Waals surface area contributed by atoms with Crippen LogP contribution in [0, 0.1) is 5.92 Å². The first-order valence-electron chi connectivity index (χ1n) is 6.50. The third-order valence-corrected chi connectivity index (χ3v) is 3.93. The van der Waals surface area contributed by atoms with Crippen LogP contribution in [0.4, 0.5) is 0 Å². The van der Waals surface area contributed by atoms with Crippen molar-refractivity contribution in [2.45, 2.75) is 25.7 Å². The number of ether oxygens (including phenoxy) is 2. The highest BCUT2D eigenvalue weighted by Gasteiger charge is 2.51. The van der Waals surface area contributed by atoms with Gasteiger partial charge in [-0.2, -0.15) is 0 Å². The van der Waals surface area contributed by atoms with Gasteiger partial charge in [-0.25, -0.2) is 0 Å². The monoisotopic (exact) mass is 260 g/mol. The highest BCUT2D eigenvalue weighted by atomic mass is 16.5. The summed E-state index contributed by atoms with van der Waals surface area (Å²) in [5.74, 6) is 0.475. The lowest BCUT2D eigenvalue weighted by Gasteiger charge is -2.39. The largest absolute Gasteiger partial charge is 0.500 e. The molecule has 1 unspecified atom stereocenters. The van der Waals surface area contributed by atoms with Gasteiger partial charge in [0.1, 0.15) is 5.76 Å². The van der Waals surface area contributed by atoms with Crippen LogP contribution < -0.4 is 0 Å². The van der Waals surface area contributed by atoms with E-state index in [4.69, 9.17) is 9.47 Å². The topological polar surface area (TPSA) is 35.5 Å². The lowest BCUT2D eigenvalue weighted by molar-refractivity contribution is -0.149. The summed E-state index contributed by atoms with van der Waals surface area (Å²) < 4.78 is 10.6. The summed E-state index contributed by atoms with van der Waals surface area (Å²) in [5, 5.41) is 0. The molecule has 0 radical (unpaired) electrons. The van der Waals surface area contributed by atoms with Gasteiger partial charge in [0.05, 0.1) is 14.2 Å². The number of methoxy groups -OCH3 is 2. The first-order valence-corrected chi connectivity index (χ1v) is 6.50. The predicted molar refractivity (Wildman–Crippen MR) is 73.8 cm³/mol. The number of esters is 1. The van der Waals surface area contributed by atoms with Gasteiger partial charge in [-0.1, -0.05) is 38.1 Å². The Hall–Kier alpha value is -1.77. The second-order valence-electron chi connectivity index (χ2n) is 5.09. The van der Waals surface area contributed by atoms with E-state index in [1.165, 1.54) is 7.11 Å². The Kier molecular flexibility index (Phi) is 3.65. The molecular formula is C16H20O3. The summed E-state index contributed by atoms with van der Waals surface area (Å²) in [6.07, 6.45) is 2.77. The van der Waals surface area contributed by atoms with Crippen molar-refractivity contribution in [1.29, 1.82) is 0 Å². The molecule has 0 fully saturated rings. The highest BCUT2D eigenvalue weighted by molar-refractivity contribution is 5.88. The lowest BCUT2D eigenvalue weighted by Crippen LogP contribution is -2.46. The Morgan fingerprint density at radius 2 is 1.95 bits per heavy atom. The Morgan fingerprint density at radius 3 is 2.53 bits per heavy atom. The molecule has 1 aliphatic rings. The molecule has 0 saturated heterocycles. The van der Waals surface area contributed by atoms with Crippen molar-refractivity contribution in [3.05, 3.63) is 47.2 Å². The molecule has 3 heteroatoms. The first-order chi connectivity index (χ1) is 9.08. The Bertz CT molecular complexity index is 516. The predicted octanol–water partition coefficient (Wildman–Crippen LogP) is 2.84. The highest BCUT2D eigenvalue weighted by Crippen LogP contribution is 2.45. The van der Waals surface area contributed by atoms with Gasteiger partial charge in [-0.3, -0.25) is 4.79 Å². The van der Waals surface area contributed by atoms with Crippen LogP contribution in [-0.4, -0.2) is 20.2 Å². The molecular weight excluding hydrogens is 240 g/mol. The maximum Gasteiger partial charge on any atom is 0.324 e. The van der Waals surface area contributed by atoms with Gasteiger partial charge in [0.25, 0.3) is 0 Å². The van der Waals surface area contributed by atoms with Crippen LogP contribution in [0.1, 0.15) is 25.0 Å². The lowest BCUT2D eigenvalue weighted by atomic mass is 9.66. The number of allylic oxidation sites excluding steroid dienone is 1. The molecule has 102 valence electrons. The third-order valence-electron chi connectivity index (χ3n) is 3.93. The minimum absolute atomic E-state index is 0.0487. The second-order valence-corrected chi connectivity index (χ2v) is 5.09.